The fourth-order valence-electron chi connectivity index (χ4n) is 0.571. The molecule has 0 aliphatic heterocycles. The molecule has 0 rings (SSSR count). The molecule has 0 aromatic rings. The van der Waals surface area contributed by atoms with Crippen LogP contribution in [0.3, 0.4) is 0 Å². The molecule has 1 nitrogen and oxygen atoms in total. The molecule has 1 heteroatoms. The van der Waals surface area contributed by atoms with Crippen molar-refractivity contribution >= 4 is 6.29 Å². The highest BCUT2D eigenvalue weighted by Crippen LogP contribution is 1.93. The number of aldehydes is 1. The van der Waals surface area contributed by atoms with Gasteiger partial charge < -0.3 is 0 Å². The smallest absolute Gasteiger partial charge is 0.142 e. The maximum Gasteiger partial charge on any atom is 0.142 e. The van der Waals surface area contributed by atoms with E-state index in [0.717, 1.165) is 11.9 Å². The Kier molecular flexibility index (Phi) is 5.35. The van der Waals surface area contributed by atoms with Crippen LogP contribution in [0.2, 0.25) is 0 Å². The summed E-state index contributed by atoms with van der Waals surface area (Å²) in [4.78, 5) is 9.81. The average Bonchev–Trinajstić information content (AvgIpc) is 1.89. The summed E-state index contributed by atoms with van der Waals surface area (Å²) in [5, 5.41) is 0. The first-order chi connectivity index (χ1) is 4.81. The van der Waals surface area contributed by atoms with Crippen LogP contribution in [-0.2, 0) is 4.79 Å². The van der Waals surface area contributed by atoms with Gasteiger partial charge >= 0.3 is 0 Å². The van der Waals surface area contributed by atoms with E-state index in [1.807, 2.05) is 32.1 Å². The molecule has 0 aromatic carbocycles. The predicted octanol–water partition coefficient (Wildman–Crippen LogP) is 2.26. The second kappa shape index (κ2) is 6.02. The molecular weight excluding hydrogens is 124 g/mol. The minimum atomic E-state index is 0.763. The molecule has 0 spiro atoms. The summed E-state index contributed by atoms with van der Waals surface area (Å²) in [7, 11) is 0. The van der Waals surface area contributed by atoms with Gasteiger partial charge in [0.05, 0.1) is 0 Å². The molecule has 10 heavy (non-hydrogen) atoms. The molecule has 0 saturated heterocycles. The van der Waals surface area contributed by atoms with Crippen LogP contribution in [-0.4, -0.2) is 6.29 Å². The standard InChI is InChI=1S/C9H12O/c1-3-6-9(2)7-4-5-8-10/h3-8H,1-2H3/b5-4+,6-3-,9-7-. The third-order valence-corrected chi connectivity index (χ3v) is 0.978. The van der Waals surface area contributed by atoms with Gasteiger partial charge in [0.15, 0.2) is 0 Å². The molecule has 0 aromatic heterocycles. The SMILES string of the molecule is C\C=C/C(C)=C\C=C\C=O. The number of carbonyl (C=O) groups is 1. The lowest BCUT2D eigenvalue weighted by Crippen LogP contribution is -1.64. The maximum atomic E-state index is 9.81. The van der Waals surface area contributed by atoms with E-state index in [1.54, 1.807) is 6.08 Å². The summed E-state index contributed by atoms with van der Waals surface area (Å²) in [5.41, 5.74) is 1.14. The van der Waals surface area contributed by atoms with Crippen molar-refractivity contribution in [2.24, 2.45) is 0 Å². The maximum absolute atomic E-state index is 9.81. The van der Waals surface area contributed by atoms with E-state index in [-0.39, 0.29) is 0 Å². The lowest BCUT2D eigenvalue weighted by Gasteiger charge is -1.83. The molecule has 0 bridgehead atoms. The van der Waals surface area contributed by atoms with Crippen molar-refractivity contribution in [3.63, 3.8) is 0 Å². The minimum absolute atomic E-state index is 0.763. The topological polar surface area (TPSA) is 17.1 Å². The zero-order valence-electron chi connectivity index (χ0n) is 6.37. The molecule has 0 aliphatic rings. The molecule has 0 N–H and O–H groups in total. The zero-order valence-corrected chi connectivity index (χ0v) is 6.37. The number of hydrogen-bond acceptors (Lipinski definition) is 1. The summed E-state index contributed by atoms with van der Waals surface area (Å²) < 4.78 is 0. The van der Waals surface area contributed by atoms with E-state index >= 15 is 0 Å². The van der Waals surface area contributed by atoms with Gasteiger partial charge in [0.2, 0.25) is 0 Å². The Morgan fingerprint density at radius 3 is 2.50 bits per heavy atom. The predicted molar refractivity (Wildman–Crippen MR) is 43.8 cm³/mol. The number of rotatable bonds is 3. The van der Waals surface area contributed by atoms with Crippen molar-refractivity contribution in [3.05, 3.63) is 36.0 Å². The highest BCUT2D eigenvalue weighted by atomic mass is 16.1. The molecule has 0 fully saturated rings. The van der Waals surface area contributed by atoms with Crippen molar-refractivity contribution in [1.82, 2.24) is 0 Å². The highest BCUT2D eigenvalue weighted by molar-refractivity contribution is 5.65. The van der Waals surface area contributed by atoms with Crippen LogP contribution in [0.15, 0.2) is 36.0 Å². The molecular formula is C9H12O. The van der Waals surface area contributed by atoms with Crippen molar-refractivity contribution < 1.29 is 4.79 Å². The van der Waals surface area contributed by atoms with E-state index in [2.05, 4.69) is 0 Å². The van der Waals surface area contributed by atoms with Crippen molar-refractivity contribution in [3.8, 4) is 0 Å². The molecule has 54 valence electrons. The van der Waals surface area contributed by atoms with Crippen LogP contribution < -0.4 is 0 Å². The number of carbonyl (C=O) groups excluding carboxylic acids is 1. The molecule has 0 saturated carbocycles. The Morgan fingerprint density at radius 2 is 2.00 bits per heavy atom. The molecule has 0 unspecified atom stereocenters. The fraction of sp³-hybridized carbons (Fsp3) is 0.222. The quantitative estimate of drug-likeness (QED) is 0.330. The summed E-state index contributed by atoms with van der Waals surface area (Å²) in [6.07, 6.45) is 9.78. The van der Waals surface area contributed by atoms with Crippen LogP contribution in [0.25, 0.3) is 0 Å². The van der Waals surface area contributed by atoms with Crippen molar-refractivity contribution in [2.75, 3.05) is 0 Å². The normalized spacial score (nSPS) is 13.2. The third kappa shape index (κ3) is 5.04. The van der Waals surface area contributed by atoms with E-state index in [1.165, 1.54) is 6.08 Å². The van der Waals surface area contributed by atoms with Crippen molar-refractivity contribution in [2.45, 2.75) is 13.8 Å². The van der Waals surface area contributed by atoms with Gasteiger partial charge in [-0.15, -0.1) is 0 Å². The fourth-order valence-corrected chi connectivity index (χ4v) is 0.571. The molecule has 0 radical (unpaired) electrons. The van der Waals surface area contributed by atoms with Crippen LogP contribution in [0.5, 0.6) is 0 Å². The average molecular weight is 136 g/mol. The Hall–Kier alpha value is -1.11. The lowest BCUT2D eigenvalue weighted by molar-refractivity contribution is -0.104. The largest absolute Gasteiger partial charge is 0.299 e. The zero-order chi connectivity index (χ0) is 7.82. The van der Waals surface area contributed by atoms with Gasteiger partial charge in [-0.1, -0.05) is 29.9 Å². The number of allylic oxidation sites excluding steroid dienone is 6. The first kappa shape index (κ1) is 8.89. The van der Waals surface area contributed by atoms with Gasteiger partial charge in [-0.05, 0) is 19.9 Å². The van der Waals surface area contributed by atoms with Gasteiger partial charge in [-0.2, -0.15) is 0 Å². The molecule has 0 atom stereocenters. The van der Waals surface area contributed by atoms with Crippen LogP contribution in [0.1, 0.15) is 13.8 Å². The Labute approximate surface area is 61.8 Å². The summed E-state index contributed by atoms with van der Waals surface area (Å²) >= 11 is 0. The third-order valence-electron chi connectivity index (χ3n) is 0.978. The van der Waals surface area contributed by atoms with Gasteiger partial charge in [0, 0.05) is 0 Å². The highest BCUT2D eigenvalue weighted by Gasteiger charge is 1.73. The van der Waals surface area contributed by atoms with Gasteiger partial charge in [-0.25, -0.2) is 0 Å². The summed E-state index contributed by atoms with van der Waals surface area (Å²) in [5.74, 6) is 0. The Bertz CT molecular complexity index is 173. The molecule has 0 amide bonds. The Morgan fingerprint density at radius 1 is 1.30 bits per heavy atom. The van der Waals surface area contributed by atoms with Crippen LogP contribution in [0, 0.1) is 0 Å². The second-order valence-electron chi connectivity index (χ2n) is 1.93. The number of hydrogen-bond donors (Lipinski definition) is 0. The van der Waals surface area contributed by atoms with Gasteiger partial charge in [0.25, 0.3) is 0 Å². The lowest BCUT2D eigenvalue weighted by atomic mass is 10.2. The molecule has 0 aliphatic carbocycles. The Balaban J connectivity index is 3.90. The van der Waals surface area contributed by atoms with Gasteiger partial charge in [-0.3, -0.25) is 4.79 Å². The van der Waals surface area contributed by atoms with Crippen molar-refractivity contribution in [1.29, 1.82) is 0 Å². The monoisotopic (exact) mass is 136 g/mol. The van der Waals surface area contributed by atoms with Crippen LogP contribution in [0.4, 0.5) is 0 Å². The first-order valence-corrected chi connectivity index (χ1v) is 3.22. The first-order valence-electron chi connectivity index (χ1n) is 3.22. The summed E-state index contributed by atoms with van der Waals surface area (Å²) in [6.45, 7) is 3.94. The second-order valence-corrected chi connectivity index (χ2v) is 1.93. The van der Waals surface area contributed by atoms with E-state index in [9.17, 15) is 4.79 Å². The minimum Gasteiger partial charge on any atom is -0.299 e. The van der Waals surface area contributed by atoms with E-state index in [0.29, 0.717) is 0 Å². The molecule has 0 heterocycles. The van der Waals surface area contributed by atoms with E-state index < -0.39 is 0 Å². The van der Waals surface area contributed by atoms with Crippen LogP contribution >= 0.6 is 0 Å². The summed E-state index contributed by atoms with van der Waals surface area (Å²) in [6, 6.07) is 0. The van der Waals surface area contributed by atoms with E-state index in [4.69, 9.17) is 0 Å². The van der Waals surface area contributed by atoms with Gasteiger partial charge in [0.1, 0.15) is 6.29 Å².